The number of benzene rings is 2. The molecule has 3 heteroatoms. The predicted octanol–water partition coefficient (Wildman–Crippen LogP) is 7.32. The Morgan fingerprint density at radius 2 is 1.90 bits per heavy atom. The van der Waals surface area contributed by atoms with E-state index in [1.807, 2.05) is 36.4 Å². The molecule has 0 aliphatic carbocycles. The molecule has 162 valence electrons. The van der Waals surface area contributed by atoms with Crippen LogP contribution in [0.25, 0.3) is 5.57 Å². The predicted molar refractivity (Wildman–Crippen MR) is 132 cm³/mol. The molecule has 1 aliphatic rings. The SMILES string of the molecule is C=C=CC(CC(CCCC)c1ccc(Cl)cc1)N1CC=C(c2ccc(C=O)cc2)CC1. The molecular weight excluding hydrogens is 402 g/mol. The van der Waals surface area contributed by atoms with E-state index in [4.69, 9.17) is 11.6 Å². The lowest BCUT2D eigenvalue weighted by atomic mass is 9.86. The fourth-order valence-electron chi connectivity index (χ4n) is 4.38. The molecule has 0 amide bonds. The highest BCUT2D eigenvalue weighted by atomic mass is 35.5. The van der Waals surface area contributed by atoms with Crippen LogP contribution in [0.1, 0.15) is 66.4 Å². The van der Waals surface area contributed by atoms with E-state index < -0.39 is 0 Å². The number of hydrogen-bond acceptors (Lipinski definition) is 2. The number of halogens is 1. The van der Waals surface area contributed by atoms with Gasteiger partial charge in [0.2, 0.25) is 0 Å². The zero-order chi connectivity index (χ0) is 22.1. The van der Waals surface area contributed by atoms with Gasteiger partial charge in [0.05, 0.1) is 0 Å². The second kappa shape index (κ2) is 11.9. The minimum absolute atomic E-state index is 0.310. The monoisotopic (exact) mass is 433 g/mol. The summed E-state index contributed by atoms with van der Waals surface area (Å²) in [7, 11) is 0. The number of aldehydes is 1. The lowest BCUT2D eigenvalue weighted by molar-refractivity contribution is 0.112. The van der Waals surface area contributed by atoms with Gasteiger partial charge in [-0.3, -0.25) is 9.69 Å². The first-order chi connectivity index (χ1) is 15.1. The van der Waals surface area contributed by atoms with Gasteiger partial charge >= 0.3 is 0 Å². The maximum Gasteiger partial charge on any atom is 0.150 e. The summed E-state index contributed by atoms with van der Waals surface area (Å²) in [5.41, 5.74) is 7.70. The second-order valence-corrected chi connectivity index (χ2v) is 8.72. The van der Waals surface area contributed by atoms with E-state index >= 15 is 0 Å². The maximum absolute atomic E-state index is 10.9. The summed E-state index contributed by atoms with van der Waals surface area (Å²) in [6.45, 7) is 8.02. The highest BCUT2D eigenvalue weighted by Crippen LogP contribution is 2.32. The van der Waals surface area contributed by atoms with Crippen LogP contribution in [-0.2, 0) is 0 Å². The lowest BCUT2D eigenvalue weighted by Gasteiger charge is -2.34. The fraction of sp³-hybridized carbons (Fsp3) is 0.357. The van der Waals surface area contributed by atoms with Crippen LogP contribution in [0.4, 0.5) is 0 Å². The van der Waals surface area contributed by atoms with Gasteiger partial charge < -0.3 is 0 Å². The van der Waals surface area contributed by atoms with Gasteiger partial charge in [-0.1, -0.05) is 80.4 Å². The van der Waals surface area contributed by atoms with E-state index in [-0.39, 0.29) is 0 Å². The zero-order valence-corrected chi connectivity index (χ0v) is 19.2. The number of rotatable bonds is 10. The molecule has 3 rings (SSSR count). The van der Waals surface area contributed by atoms with Crippen molar-refractivity contribution in [1.29, 1.82) is 0 Å². The van der Waals surface area contributed by atoms with Crippen molar-refractivity contribution in [2.75, 3.05) is 13.1 Å². The number of nitrogens with zero attached hydrogens (tertiary/aromatic N) is 1. The summed E-state index contributed by atoms with van der Waals surface area (Å²) in [5.74, 6) is 0.494. The molecule has 31 heavy (non-hydrogen) atoms. The Balaban J connectivity index is 1.72. The molecule has 0 N–H and O–H groups in total. The Hall–Kier alpha value is -2.38. The quantitative estimate of drug-likeness (QED) is 0.289. The van der Waals surface area contributed by atoms with E-state index in [1.165, 1.54) is 36.0 Å². The van der Waals surface area contributed by atoms with Gasteiger partial charge in [-0.25, -0.2) is 0 Å². The van der Waals surface area contributed by atoms with Crippen LogP contribution in [0.15, 0.2) is 73.0 Å². The summed E-state index contributed by atoms with van der Waals surface area (Å²) >= 11 is 6.12. The summed E-state index contributed by atoms with van der Waals surface area (Å²) in [4.78, 5) is 13.4. The van der Waals surface area contributed by atoms with E-state index in [0.29, 0.717) is 12.0 Å². The van der Waals surface area contributed by atoms with Crippen molar-refractivity contribution >= 4 is 23.5 Å². The molecule has 0 saturated carbocycles. The fourth-order valence-corrected chi connectivity index (χ4v) is 4.51. The van der Waals surface area contributed by atoms with E-state index in [9.17, 15) is 4.79 Å². The third kappa shape index (κ3) is 6.55. The van der Waals surface area contributed by atoms with Crippen molar-refractivity contribution in [2.45, 2.75) is 51.0 Å². The van der Waals surface area contributed by atoms with Gasteiger partial charge in [-0.2, -0.15) is 0 Å². The Morgan fingerprint density at radius 3 is 2.48 bits per heavy atom. The molecule has 0 aromatic heterocycles. The first kappa shape index (κ1) is 23.3. The van der Waals surface area contributed by atoms with Crippen molar-refractivity contribution in [3.63, 3.8) is 0 Å². The molecule has 0 saturated heterocycles. The van der Waals surface area contributed by atoms with Crippen LogP contribution >= 0.6 is 11.6 Å². The van der Waals surface area contributed by atoms with Gasteiger partial charge in [0.25, 0.3) is 0 Å². The van der Waals surface area contributed by atoms with Crippen molar-refractivity contribution < 1.29 is 4.79 Å². The van der Waals surface area contributed by atoms with Crippen molar-refractivity contribution in [2.24, 2.45) is 0 Å². The normalized spacial score (nSPS) is 16.1. The Kier molecular flexibility index (Phi) is 8.91. The van der Waals surface area contributed by atoms with Crippen LogP contribution < -0.4 is 0 Å². The van der Waals surface area contributed by atoms with Gasteiger partial charge in [0.15, 0.2) is 0 Å². The van der Waals surface area contributed by atoms with Gasteiger partial charge in [0.1, 0.15) is 6.29 Å². The van der Waals surface area contributed by atoms with Crippen LogP contribution in [0.5, 0.6) is 0 Å². The first-order valence-electron chi connectivity index (χ1n) is 11.2. The second-order valence-electron chi connectivity index (χ2n) is 8.28. The Labute approximate surface area is 191 Å². The van der Waals surface area contributed by atoms with Crippen LogP contribution in [-0.4, -0.2) is 30.3 Å². The molecule has 0 fully saturated rings. The summed E-state index contributed by atoms with van der Waals surface area (Å²) in [6.07, 6.45) is 11.0. The molecular formula is C28H32ClNO. The minimum Gasteiger partial charge on any atom is -0.298 e. The highest BCUT2D eigenvalue weighted by Gasteiger charge is 2.23. The van der Waals surface area contributed by atoms with E-state index in [0.717, 1.165) is 42.8 Å². The minimum atomic E-state index is 0.310. The number of hydrogen-bond donors (Lipinski definition) is 0. The van der Waals surface area contributed by atoms with Crippen LogP contribution in [0, 0.1) is 0 Å². The molecule has 2 unspecified atom stereocenters. The highest BCUT2D eigenvalue weighted by molar-refractivity contribution is 6.30. The summed E-state index contributed by atoms with van der Waals surface area (Å²) in [5, 5.41) is 0.787. The van der Waals surface area contributed by atoms with Crippen molar-refractivity contribution in [1.82, 2.24) is 4.90 Å². The summed E-state index contributed by atoms with van der Waals surface area (Å²) < 4.78 is 0. The molecule has 2 aromatic carbocycles. The maximum atomic E-state index is 10.9. The first-order valence-corrected chi connectivity index (χ1v) is 11.6. The molecule has 0 bridgehead atoms. The summed E-state index contributed by atoms with van der Waals surface area (Å²) in [6, 6.07) is 16.5. The van der Waals surface area contributed by atoms with Gasteiger partial charge in [0, 0.05) is 29.7 Å². The van der Waals surface area contributed by atoms with Crippen molar-refractivity contribution in [3.8, 4) is 0 Å². The van der Waals surface area contributed by atoms with E-state index in [2.05, 4.69) is 48.4 Å². The molecule has 1 aliphatic heterocycles. The third-order valence-electron chi connectivity index (χ3n) is 6.21. The molecule has 0 radical (unpaired) electrons. The smallest absolute Gasteiger partial charge is 0.150 e. The average molecular weight is 434 g/mol. The van der Waals surface area contributed by atoms with Gasteiger partial charge in [-0.05, 0) is 60.1 Å². The van der Waals surface area contributed by atoms with Gasteiger partial charge in [-0.15, -0.1) is 5.73 Å². The third-order valence-corrected chi connectivity index (χ3v) is 6.46. The number of carbonyl (C=O) groups excluding carboxylic acids is 1. The number of unbranched alkanes of at least 4 members (excludes halogenated alkanes) is 1. The molecule has 2 atom stereocenters. The zero-order valence-electron chi connectivity index (χ0n) is 18.4. The molecule has 0 spiro atoms. The lowest BCUT2D eigenvalue weighted by Crippen LogP contribution is -2.38. The topological polar surface area (TPSA) is 20.3 Å². The molecule has 2 nitrogen and oxygen atoms in total. The largest absolute Gasteiger partial charge is 0.298 e. The average Bonchev–Trinajstić information content (AvgIpc) is 2.82. The molecule has 2 aromatic rings. The van der Waals surface area contributed by atoms with Crippen LogP contribution in [0.3, 0.4) is 0 Å². The van der Waals surface area contributed by atoms with Crippen molar-refractivity contribution in [3.05, 3.63) is 94.7 Å². The van der Waals surface area contributed by atoms with E-state index in [1.54, 1.807) is 0 Å². The Morgan fingerprint density at radius 1 is 1.16 bits per heavy atom. The Bertz CT molecular complexity index is 922. The standard InChI is InChI=1S/C28H32ClNO/c1-3-5-7-26(24-12-14-27(29)15-13-24)20-28(6-4-2)30-18-16-25(17-19-30)23-10-8-22(21-31)9-11-23/h6,8-16,21,26,28H,2-3,5,7,17-20H2,1H3. The molecule has 1 heterocycles. The van der Waals surface area contributed by atoms with Crippen LogP contribution in [0.2, 0.25) is 5.02 Å². The number of carbonyl (C=O) groups is 1.